The van der Waals surface area contributed by atoms with Gasteiger partial charge in [0.1, 0.15) is 0 Å². The Morgan fingerprint density at radius 3 is 2.59 bits per heavy atom. The summed E-state index contributed by atoms with van der Waals surface area (Å²) in [6, 6.07) is 2.55. The first-order valence-electron chi connectivity index (χ1n) is 6.56. The minimum atomic E-state index is -0.248. The SMILES string of the molecule is CCC(C)n1ccc(CC(C)(C)CC(C)O)n1. The number of aromatic nitrogens is 2. The summed E-state index contributed by atoms with van der Waals surface area (Å²) in [5.74, 6) is 0. The van der Waals surface area contributed by atoms with Crippen LogP contribution in [0.25, 0.3) is 0 Å². The summed E-state index contributed by atoms with van der Waals surface area (Å²) in [5.41, 5.74) is 1.22. The van der Waals surface area contributed by atoms with E-state index in [1.807, 2.05) is 11.6 Å². The van der Waals surface area contributed by atoms with Gasteiger partial charge in [-0.2, -0.15) is 5.10 Å². The Labute approximate surface area is 105 Å². The summed E-state index contributed by atoms with van der Waals surface area (Å²) >= 11 is 0. The normalized spacial score (nSPS) is 15.9. The number of aliphatic hydroxyl groups is 1. The van der Waals surface area contributed by atoms with Gasteiger partial charge in [0.2, 0.25) is 0 Å². The van der Waals surface area contributed by atoms with E-state index in [1.165, 1.54) is 0 Å². The molecule has 0 amide bonds. The van der Waals surface area contributed by atoms with Crippen molar-refractivity contribution in [2.24, 2.45) is 5.41 Å². The van der Waals surface area contributed by atoms with E-state index in [-0.39, 0.29) is 11.5 Å². The zero-order valence-corrected chi connectivity index (χ0v) is 11.8. The van der Waals surface area contributed by atoms with Crippen LogP contribution < -0.4 is 0 Å². The van der Waals surface area contributed by atoms with Crippen LogP contribution in [0.1, 0.15) is 59.2 Å². The lowest BCUT2D eigenvalue weighted by Crippen LogP contribution is -2.21. The zero-order chi connectivity index (χ0) is 13.1. The molecule has 1 aromatic rings. The monoisotopic (exact) mass is 238 g/mol. The molecule has 1 rings (SSSR count). The fourth-order valence-electron chi connectivity index (χ4n) is 2.27. The standard InChI is InChI=1S/C14H26N2O/c1-6-11(2)16-8-7-13(15-16)10-14(4,5)9-12(3)17/h7-8,11-12,17H,6,9-10H2,1-5H3. The third kappa shape index (κ3) is 4.50. The predicted octanol–water partition coefficient (Wildman–Crippen LogP) is 3.19. The van der Waals surface area contributed by atoms with Crippen LogP contribution in [0.4, 0.5) is 0 Å². The second kappa shape index (κ2) is 5.67. The Bertz CT molecular complexity index is 342. The molecule has 2 unspecified atom stereocenters. The van der Waals surface area contributed by atoms with E-state index in [0.717, 1.165) is 25.0 Å². The first-order valence-corrected chi connectivity index (χ1v) is 6.56. The number of rotatable bonds is 6. The van der Waals surface area contributed by atoms with Crippen molar-refractivity contribution in [2.75, 3.05) is 0 Å². The van der Waals surface area contributed by atoms with Gasteiger partial charge in [-0.25, -0.2) is 0 Å². The molecule has 3 nitrogen and oxygen atoms in total. The molecule has 17 heavy (non-hydrogen) atoms. The van der Waals surface area contributed by atoms with Crippen LogP contribution in [0.3, 0.4) is 0 Å². The van der Waals surface area contributed by atoms with Gasteiger partial charge in [-0.05, 0) is 44.6 Å². The molecule has 0 aliphatic carbocycles. The maximum atomic E-state index is 9.47. The van der Waals surface area contributed by atoms with Crippen LogP contribution in [-0.4, -0.2) is 21.0 Å². The van der Waals surface area contributed by atoms with Gasteiger partial charge in [-0.3, -0.25) is 4.68 Å². The molecular weight excluding hydrogens is 212 g/mol. The van der Waals surface area contributed by atoms with Crippen molar-refractivity contribution in [1.82, 2.24) is 9.78 Å². The number of aliphatic hydroxyl groups excluding tert-OH is 1. The van der Waals surface area contributed by atoms with Gasteiger partial charge in [0.05, 0.1) is 11.8 Å². The van der Waals surface area contributed by atoms with Crippen molar-refractivity contribution in [3.63, 3.8) is 0 Å². The fourth-order valence-corrected chi connectivity index (χ4v) is 2.27. The van der Waals surface area contributed by atoms with Crippen LogP contribution >= 0.6 is 0 Å². The van der Waals surface area contributed by atoms with Crippen molar-refractivity contribution in [1.29, 1.82) is 0 Å². The summed E-state index contributed by atoms with van der Waals surface area (Å²) in [5, 5.41) is 14.1. The van der Waals surface area contributed by atoms with E-state index in [4.69, 9.17) is 0 Å². The van der Waals surface area contributed by atoms with Gasteiger partial charge in [0, 0.05) is 12.2 Å². The minimum Gasteiger partial charge on any atom is -0.393 e. The van der Waals surface area contributed by atoms with Crippen LogP contribution in [0.15, 0.2) is 12.3 Å². The van der Waals surface area contributed by atoms with Crippen molar-refractivity contribution < 1.29 is 5.11 Å². The van der Waals surface area contributed by atoms with Gasteiger partial charge in [0.15, 0.2) is 0 Å². The predicted molar refractivity (Wildman–Crippen MR) is 71.0 cm³/mol. The molecule has 0 fully saturated rings. The Morgan fingerprint density at radius 1 is 1.41 bits per heavy atom. The first kappa shape index (κ1) is 14.2. The summed E-state index contributed by atoms with van der Waals surface area (Å²) < 4.78 is 2.04. The molecule has 1 aromatic heterocycles. The molecular formula is C14H26N2O. The number of hydrogen-bond acceptors (Lipinski definition) is 2. The van der Waals surface area contributed by atoms with Crippen LogP contribution in [0.5, 0.6) is 0 Å². The third-order valence-corrected chi connectivity index (χ3v) is 3.21. The average molecular weight is 238 g/mol. The molecule has 0 aliphatic rings. The highest BCUT2D eigenvalue weighted by Gasteiger charge is 2.22. The molecule has 0 aliphatic heterocycles. The topological polar surface area (TPSA) is 38.0 Å². The van der Waals surface area contributed by atoms with E-state index in [2.05, 4.69) is 45.1 Å². The van der Waals surface area contributed by atoms with Crippen LogP contribution in [-0.2, 0) is 6.42 Å². The smallest absolute Gasteiger partial charge is 0.0630 e. The van der Waals surface area contributed by atoms with Crippen molar-refractivity contribution in [2.45, 2.75) is 66.0 Å². The molecule has 0 saturated heterocycles. The molecule has 0 bridgehead atoms. The third-order valence-electron chi connectivity index (χ3n) is 3.21. The molecule has 0 radical (unpaired) electrons. The van der Waals surface area contributed by atoms with Gasteiger partial charge < -0.3 is 5.11 Å². The van der Waals surface area contributed by atoms with E-state index in [9.17, 15) is 5.11 Å². The van der Waals surface area contributed by atoms with Gasteiger partial charge in [-0.1, -0.05) is 20.8 Å². The van der Waals surface area contributed by atoms with E-state index < -0.39 is 0 Å². The second-order valence-electron chi connectivity index (χ2n) is 5.94. The van der Waals surface area contributed by atoms with Gasteiger partial charge in [0.25, 0.3) is 0 Å². The maximum Gasteiger partial charge on any atom is 0.0630 e. The van der Waals surface area contributed by atoms with Gasteiger partial charge >= 0.3 is 0 Å². The summed E-state index contributed by atoms with van der Waals surface area (Å²) in [4.78, 5) is 0. The van der Waals surface area contributed by atoms with E-state index >= 15 is 0 Å². The first-order chi connectivity index (χ1) is 7.84. The highest BCUT2D eigenvalue weighted by molar-refractivity contribution is 5.03. The Balaban J connectivity index is 2.65. The number of nitrogens with zero attached hydrogens (tertiary/aromatic N) is 2. The zero-order valence-electron chi connectivity index (χ0n) is 11.8. The molecule has 98 valence electrons. The largest absolute Gasteiger partial charge is 0.393 e. The highest BCUT2D eigenvalue weighted by Crippen LogP contribution is 2.27. The van der Waals surface area contributed by atoms with Crippen molar-refractivity contribution in [3.8, 4) is 0 Å². The van der Waals surface area contributed by atoms with Crippen LogP contribution in [0, 0.1) is 5.41 Å². The van der Waals surface area contributed by atoms with E-state index in [1.54, 1.807) is 0 Å². The molecule has 1 heterocycles. The summed E-state index contributed by atoms with van der Waals surface area (Å²) in [6.45, 7) is 10.6. The Hall–Kier alpha value is -0.830. The molecule has 3 heteroatoms. The van der Waals surface area contributed by atoms with Gasteiger partial charge in [-0.15, -0.1) is 0 Å². The minimum absolute atomic E-state index is 0.100. The lowest BCUT2D eigenvalue weighted by molar-refractivity contribution is 0.129. The Morgan fingerprint density at radius 2 is 2.06 bits per heavy atom. The molecule has 0 spiro atoms. The quantitative estimate of drug-likeness (QED) is 0.826. The Kier molecular flexibility index (Phi) is 4.75. The highest BCUT2D eigenvalue weighted by atomic mass is 16.3. The lowest BCUT2D eigenvalue weighted by atomic mass is 9.82. The lowest BCUT2D eigenvalue weighted by Gasteiger charge is -2.25. The summed E-state index contributed by atoms with van der Waals surface area (Å²) in [6.07, 6.45) is 4.63. The second-order valence-corrected chi connectivity index (χ2v) is 5.94. The number of hydrogen-bond donors (Lipinski definition) is 1. The van der Waals surface area contributed by atoms with E-state index in [0.29, 0.717) is 6.04 Å². The fraction of sp³-hybridized carbons (Fsp3) is 0.786. The van der Waals surface area contributed by atoms with Crippen molar-refractivity contribution in [3.05, 3.63) is 18.0 Å². The maximum absolute atomic E-state index is 9.47. The van der Waals surface area contributed by atoms with Crippen LogP contribution in [0.2, 0.25) is 0 Å². The molecule has 1 N–H and O–H groups in total. The summed E-state index contributed by atoms with van der Waals surface area (Å²) in [7, 11) is 0. The van der Waals surface area contributed by atoms with Crippen molar-refractivity contribution >= 4 is 0 Å². The average Bonchev–Trinajstić information content (AvgIpc) is 2.61. The molecule has 0 aromatic carbocycles. The molecule has 2 atom stereocenters. The molecule has 0 saturated carbocycles.